The Balaban J connectivity index is 0.710. The average molecular weight is 881 g/mol. The van der Waals surface area contributed by atoms with Crippen molar-refractivity contribution >= 4 is 39.3 Å². The minimum atomic E-state index is -3.72. The van der Waals surface area contributed by atoms with Gasteiger partial charge in [-0.25, -0.2) is 23.5 Å². The van der Waals surface area contributed by atoms with Crippen LogP contribution < -0.4 is 25.2 Å². The van der Waals surface area contributed by atoms with Gasteiger partial charge in [-0.15, -0.1) is 0 Å². The van der Waals surface area contributed by atoms with Gasteiger partial charge in [0.05, 0.1) is 23.4 Å². The quantitative estimate of drug-likeness (QED) is 0.0520. The molecule has 4 amide bonds. The van der Waals surface area contributed by atoms with Gasteiger partial charge in [-0.2, -0.15) is 0 Å². The molecule has 4 N–H and O–H groups in total. The van der Waals surface area contributed by atoms with Crippen LogP contribution >= 0.6 is 0 Å². The maximum atomic E-state index is 13.0. The van der Waals surface area contributed by atoms with Gasteiger partial charge in [-0.1, -0.05) is 56.4 Å². The molecule has 3 aromatic carbocycles. The lowest BCUT2D eigenvalue weighted by Crippen LogP contribution is -2.54. The number of hydrogen-bond donors (Lipinski definition) is 3. The number of piperidine rings is 1. The number of sulfonamides is 1. The third kappa shape index (κ3) is 11.9. The van der Waals surface area contributed by atoms with Crippen molar-refractivity contribution in [1.29, 1.82) is 0 Å². The highest BCUT2D eigenvalue weighted by molar-refractivity contribution is 7.88. The molecule has 1 unspecified atom stereocenters. The van der Waals surface area contributed by atoms with E-state index in [4.69, 9.17) is 19.3 Å². The maximum absolute atomic E-state index is 13.0. The molecule has 0 spiro atoms. The molecule has 1 saturated heterocycles. The fourth-order valence-electron chi connectivity index (χ4n) is 8.39. The molecule has 7 rings (SSSR count). The molecule has 63 heavy (non-hydrogen) atoms. The van der Waals surface area contributed by atoms with Crippen molar-refractivity contribution in [3.05, 3.63) is 113 Å². The van der Waals surface area contributed by atoms with Gasteiger partial charge >= 0.3 is 0 Å². The van der Waals surface area contributed by atoms with E-state index >= 15 is 0 Å². The van der Waals surface area contributed by atoms with Crippen LogP contribution in [-0.4, -0.2) is 79.3 Å². The second-order valence-corrected chi connectivity index (χ2v) is 18.1. The number of nitrogens with two attached hydrogens (primary N) is 1. The second kappa shape index (κ2) is 21.1. The number of unbranched alkanes of at least 4 members (excludes halogenated alkanes) is 6. The summed E-state index contributed by atoms with van der Waals surface area (Å²) in [7, 11) is -3.72. The number of amides is 4. The van der Waals surface area contributed by atoms with E-state index in [1.54, 1.807) is 24.3 Å². The fraction of sp³-hybridized carbons (Fsp3) is 0.447. The van der Waals surface area contributed by atoms with E-state index in [1.807, 2.05) is 12.1 Å². The van der Waals surface area contributed by atoms with Crippen molar-refractivity contribution in [3.8, 4) is 11.5 Å². The number of benzene rings is 3. The Kier molecular flexibility index (Phi) is 15.2. The van der Waals surface area contributed by atoms with Crippen LogP contribution in [0.1, 0.15) is 127 Å². The molecule has 3 aliphatic rings. The molecule has 1 atom stereocenters. The predicted molar refractivity (Wildman–Crippen MR) is 236 cm³/mol. The van der Waals surface area contributed by atoms with E-state index in [-0.39, 0.29) is 41.8 Å². The van der Waals surface area contributed by atoms with Crippen LogP contribution in [0.25, 0.3) is 0 Å². The molecule has 3 heterocycles. The molecule has 334 valence electrons. The zero-order valence-electron chi connectivity index (χ0n) is 35.5. The van der Waals surface area contributed by atoms with Gasteiger partial charge in [-0.3, -0.25) is 29.4 Å². The van der Waals surface area contributed by atoms with Crippen molar-refractivity contribution in [3.63, 3.8) is 0 Å². The smallest absolute Gasteiger partial charge is 0.262 e. The highest BCUT2D eigenvalue weighted by Gasteiger charge is 2.45. The number of hydrogen-bond acceptors (Lipinski definition) is 12. The number of rotatable bonds is 24. The van der Waals surface area contributed by atoms with Gasteiger partial charge in [0, 0.05) is 43.5 Å². The molecule has 2 fully saturated rings. The lowest BCUT2D eigenvalue weighted by atomic mass is 9.60. The summed E-state index contributed by atoms with van der Waals surface area (Å²) < 4.78 is 40.7. The lowest BCUT2D eigenvalue weighted by Gasteiger charge is -2.43. The predicted octanol–water partition coefficient (Wildman–Crippen LogP) is 6.34. The van der Waals surface area contributed by atoms with Gasteiger partial charge in [0.25, 0.3) is 11.8 Å². The van der Waals surface area contributed by atoms with Crippen molar-refractivity contribution in [2.75, 3.05) is 31.7 Å². The lowest BCUT2D eigenvalue weighted by molar-refractivity contribution is -0.136. The second-order valence-electron chi connectivity index (χ2n) is 16.5. The maximum Gasteiger partial charge on any atom is 0.262 e. The Morgan fingerprint density at radius 1 is 0.762 bits per heavy atom. The molecule has 1 aromatic heterocycles. The molecular weight excluding hydrogens is 825 g/mol. The Hall–Kier alpha value is -5.71. The molecule has 0 radical (unpaired) electrons. The summed E-state index contributed by atoms with van der Waals surface area (Å²) in [6, 6.07) is 22.5. The number of imide groups is 2. The standard InChI is InChI=1S/C47H56N6O9S/c48-63(58,59)32-42-50-26-22-36(51-42)31-62-38-17-12-34(13-18-38)47(23-9-24-47)33-10-15-37(16-11-33)61-29-7-4-2-1-3-6-27-60-28-8-5-25-49-35-14-19-39-40(30-35)46(57)53(45(39)56)41-20-21-43(54)52-44(41)55/h10-19,22,26,30,41,49H,1-9,20-21,23-25,27-29,31-32H2,(H2,48,58,59)(H,52,54,55). The van der Waals surface area contributed by atoms with Gasteiger partial charge in [0.2, 0.25) is 21.8 Å². The topological polar surface area (TPSA) is 209 Å². The van der Waals surface area contributed by atoms with Crippen molar-refractivity contribution in [2.45, 2.75) is 107 Å². The Morgan fingerprint density at radius 3 is 2.05 bits per heavy atom. The summed E-state index contributed by atoms with van der Waals surface area (Å²) in [6.07, 6.45) is 13.5. The highest BCUT2D eigenvalue weighted by atomic mass is 32.2. The first-order valence-corrected chi connectivity index (χ1v) is 23.7. The van der Waals surface area contributed by atoms with E-state index in [2.05, 4.69) is 57.0 Å². The SMILES string of the molecule is NS(=O)(=O)Cc1nccc(COc2ccc(C3(c4ccc(OCCCCCCCCOCCCCNc5ccc6c(c5)C(=O)N(C5CCC(=O)NC5=O)C6=O)cc4)CCC3)cc2)n1. The molecule has 1 saturated carbocycles. The average Bonchev–Trinajstić information content (AvgIpc) is 3.49. The van der Waals surface area contributed by atoms with E-state index in [9.17, 15) is 27.6 Å². The molecule has 0 bridgehead atoms. The summed E-state index contributed by atoms with van der Waals surface area (Å²) in [6.45, 7) is 3.00. The van der Waals surface area contributed by atoms with Crippen molar-refractivity contribution in [1.82, 2.24) is 20.2 Å². The minimum absolute atomic E-state index is 0.0250. The first kappa shape index (κ1) is 45.3. The number of ether oxygens (including phenoxy) is 3. The zero-order valence-corrected chi connectivity index (χ0v) is 36.3. The Bertz CT molecular complexity index is 2350. The first-order chi connectivity index (χ1) is 30.5. The van der Waals surface area contributed by atoms with Crippen LogP contribution in [-0.2, 0) is 42.1 Å². The van der Waals surface area contributed by atoms with Gasteiger partial charge in [-0.05, 0) is 105 Å². The third-order valence-electron chi connectivity index (χ3n) is 11.9. The number of fused-ring (bicyclic) bond motifs is 1. The van der Waals surface area contributed by atoms with Crippen LogP contribution in [0.2, 0.25) is 0 Å². The minimum Gasteiger partial charge on any atom is -0.494 e. The van der Waals surface area contributed by atoms with Crippen LogP contribution in [0, 0.1) is 0 Å². The summed E-state index contributed by atoms with van der Waals surface area (Å²) in [5, 5.41) is 10.6. The van der Waals surface area contributed by atoms with E-state index in [0.29, 0.717) is 31.2 Å². The number of anilines is 1. The summed E-state index contributed by atoms with van der Waals surface area (Å²) in [4.78, 5) is 59.0. The fourth-order valence-corrected chi connectivity index (χ4v) is 8.89. The molecular formula is C47H56N6O9S. The van der Waals surface area contributed by atoms with E-state index in [0.717, 1.165) is 74.3 Å². The number of carbonyl (C=O) groups excluding carboxylic acids is 4. The van der Waals surface area contributed by atoms with Crippen LogP contribution in [0.15, 0.2) is 79.0 Å². The number of aromatic nitrogens is 2. The summed E-state index contributed by atoms with van der Waals surface area (Å²) in [5.74, 6) is -0.722. The van der Waals surface area contributed by atoms with Crippen LogP contribution in [0.5, 0.6) is 11.5 Å². The largest absolute Gasteiger partial charge is 0.494 e. The molecule has 4 aromatic rings. The number of carbonyl (C=O) groups is 4. The molecule has 16 heteroatoms. The van der Waals surface area contributed by atoms with E-state index in [1.165, 1.54) is 36.6 Å². The third-order valence-corrected chi connectivity index (χ3v) is 12.6. The molecule has 15 nitrogen and oxygen atoms in total. The number of primary sulfonamides is 1. The zero-order chi connectivity index (χ0) is 44.2. The normalized spacial score (nSPS) is 17.0. The van der Waals surface area contributed by atoms with Crippen molar-refractivity contribution in [2.24, 2.45) is 5.14 Å². The van der Waals surface area contributed by atoms with Gasteiger partial charge in [0.15, 0.2) is 0 Å². The highest BCUT2D eigenvalue weighted by Crippen LogP contribution is 2.49. The Labute approximate surface area is 368 Å². The van der Waals surface area contributed by atoms with Crippen LogP contribution in [0.3, 0.4) is 0 Å². The Morgan fingerprint density at radius 2 is 1.40 bits per heavy atom. The van der Waals surface area contributed by atoms with E-state index < -0.39 is 45.4 Å². The summed E-state index contributed by atoms with van der Waals surface area (Å²) >= 11 is 0. The monoisotopic (exact) mass is 880 g/mol. The number of nitrogens with one attached hydrogen (secondary N) is 2. The first-order valence-electron chi connectivity index (χ1n) is 21.9. The summed E-state index contributed by atoms with van der Waals surface area (Å²) in [5.41, 5.74) is 4.35. The molecule has 1 aliphatic carbocycles. The number of nitrogens with zero attached hydrogens (tertiary/aromatic N) is 3. The molecule has 2 aliphatic heterocycles. The van der Waals surface area contributed by atoms with Gasteiger partial charge < -0.3 is 19.5 Å². The van der Waals surface area contributed by atoms with Gasteiger partial charge in [0.1, 0.15) is 35.7 Å². The van der Waals surface area contributed by atoms with Crippen molar-refractivity contribution < 1.29 is 41.8 Å². The van der Waals surface area contributed by atoms with Crippen LogP contribution in [0.4, 0.5) is 5.69 Å².